The van der Waals surface area contributed by atoms with Crippen molar-refractivity contribution in [3.63, 3.8) is 0 Å². The molecule has 34 heavy (non-hydrogen) atoms. The van der Waals surface area contributed by atoms with Crippen LogP contribution >= 0.6 is 0 Å². The molecule has 1 heterocycles. The molecule has 9 nitrogen and oxygen atoms in total. The van der Waals surface area contributed by atoms with Gasteiger partial charge in [-0.2, -0.15) is 0 Å². The first-order valence-electron chi connectivity index (χ1n) is 10.8. The molecule has 3 rings (SSSR count). The molecule has 0 bridgehead atoms. The van der Waals surface area contributed by atoms with Crippen LogP contribution in [0, 0.1) is 0 Å². The first-order chi connectivity index (χ1) is 15.9. The van der Waals surface area contributed by atoms with Gasteiger partial charge in [0.2, 0.25) is 0 Å². The van der Waals surface area contributed by atoms with E-state index in [9.17, 15) is 19.5 Å². The summed E-state index contributed by atoms with van der Waals surface area (Å²) in [5.41, 5.74) is 0.789. The zero-order valence-electron chi connectivity index (χ0n) is 18.8. The van der Waals surface area contributed by atoms with Gasteiger partial charge in [0.25, 0.3) is 5.91 Å². The standard InChI is InChI=1S/C24H28N2O7.Li.H/c1-3-32-22-7-4-17(16(2)27)15-20(22)25-23(28)18-5-6-21(19(14-18)24(29)30)33-13-10-26-8-11-31-12-9-26;;/h4-7,14-15H,3,8-13H2,1-2H3,(H,25,28)(H,29,30);;. The third-order valence-electron chi connectivity index (χ3n) is 5.18. The Morgan fingerprint density at radius 3 is 2.35 bits per heavy atom. The van der Waals surface area contributed by atoms with Crippen LogP contribution in [0.15, 0.2) is 36.4 Å². The molecule has 1 fully saturated rings. The average molecular weight is 464 g/mol. The zero-order chi connectivity index (χ0) is 23.8. The van der Waals surface area contributed by atoms with Crippen LogP contribution in [0.25, 0.3) is 0 Å². The fourth-order valence-electron chi connectivity index (χ4n) is 3.40. The van der Waals surface area contributed by atoms with E-state index in [0.717, 1.165) is 13.1 Å². The number of ether oxygens (including phenoxy) is 3. The number of nitrogens with zero attached hydrogens (tertiary/aromatic N) is 1. The number of rotatable bonds is 10. The van der Waals surface area contributed by atoms with E-state index in [0.29, 0.717) is 50.0 Å². The number of anilines is 1. The number of Topliss-reactive ketones (excluding diaryl/α,β-unsaturated/α-hetero) is 1. The van der Waals surface area contributed by atoms with E-state index in [1.54, 1.807) is 19.1 Å². The molecular formula is C24H29LiN2O7. The second-order valence-corrected chi connectivity index (χ2v) is 7.47. The molecule has 10 heteroatoms. The number of ketones is 1. The van der Waals surface area contributed by atoms with Gasteiger partial charge in [0.15, 0.2) is 5.78 Å². The topological polar surface area (TPSA) is 114 Å². The Morgan fingerprint density at radius 2 is 1.71 bits per heavy atom. The molecule has 1 amide bonds. The van der Waals surface area contributed by atoms with Crippen molar-refractivity contribution in [2.45, 2.75) is 13.8 Å². The van der Waals surface area contributed by atoms with Crippen molar-refractivity contribution in [1.29, 1.82) is 0 Å². The van der Waals surface area contributed by atoms with Gasteiger partial charge in [-0.25, -0.2) is 4.79 Å². The van der Waals surface area contributed by atoms with E-state index in [1.807, 2.05) is 0 Å². The summed E-state index contributed by atoms with van der Waals surface area (Å²) in [7, 11) is 0. The summed E-state index contributed by atoms with van der Waals surface area (Å²) in [5.74, 6) is -1.27. The fraction of sp³-hybridized carbons (Fsp3) is 0.375. The third-order valence-corrected chi connectivity index (χ3v) is 5.18. The van der Waals surface area contributed by atoms with Crippen molar-refractivity contribution >= 4 is 42.2 Å². The predicted octanol–water partition coefficient (Wildman–Crippen LogP) is 2.30. The van der Waals surface area contributed by atoms with E-state index in [1.165, 1.54) is 31.2 Å². The summed E-state index contributed by atoms with van der Waals surface area (Å²) < 4.78 is 16.5. The van der Waals surface area contributed by atoms with Gasteiger partial charge in [-0.05, 0) is 50.2 Å². The predicted molar refractivity (Wildman–Crippen MR) is 129 cm³/mol. The van der Waals surface area contributed by atoms with E-state index in [4.69, 9.17) is 14.2 Å². The molecule has 0 radical (unpaired) electrons. The number of amides is 1. The number of carboxylic acid groups (broad SMARTS) is 1. The number of nitrogens with one attached hydrogen (secondary N) is 1. The minimum atomic E-state index is -1.19. The van der Waals surface area contributed by atoms with Crippen LogP contribution in [-0.4, -0.2) is 92.6 Å². The van der Waals surface area contributed by atoms with Crippen molar-refractivity contribution in [2.24, 2.45) is 0 Å². The number of morpholine rings is 1. The van der Waals surface area contributed by atoms with E-state index < -0.39 is 11.9 Å². The molecule has 2 aromatic rings. The van der Waals surface area contributed by atoms with Crippen LogP contribution in [-0.2, 0) is 4.74 Å². The van der Waals surface area contributed by atoms with Gasteiger partial charge in [-0.1, -0.05) is 0 Å². The Labute approximate surface area is 210 Å². The molecule has 0 unspecified atom stereocenters. The van der Waals surface area contributed by atoms with Crippen molar-refractivity contribution < 1.29 is 33.7 Å². The molecule has 2 N–H and O–H groups in total. The van der Waals surface area contributed by atoms with Gasteiger partial charge >= 0.3 is 24.8 Å². The van der Waals surface area contributed by atoms with Crippen LogP contribution in [0.4, 0.5) is 5.69 Å². The van der Waals surface area contributed by atoms with E-state index in [2.05, 4.69) is 10.2 Å². The Balaban J connectivity index is 0.00000408. The fourth-order valence-corrected chi connectivity index (χ4v) is 3.40. The number of carboxylic acids is 1. The number of aromatic carboxylic acids is 1. The first kappa shape index (κ1) is 27.4. The van der Waals surface area contributed by atoms with Gasteiger partial charge in [0, 0.05) is 30.8 Å². The SMILES string of the molecule is CCOc1ccc(C(C)=O)cc1NC(=O)c1ccc(OCCN2CCOCC2)c(C(=O)O)c1.[LiH]. The summed E-state index contributed by atoms with van der Waals surface area (Å²) in [5, 5.41) is 12.3. The van der Waals surface area contributed by atoms with Gasteiger partial charge in [-0.15, -0.1) is 0 Å². The van der Waals surface area contributed by atoms with Crippen LogP contribution < -0.4 is 14.8 Å². The Morgan fingerprint density at radius 1 is 1.03 bits per heavy atom. The van der Waals surface area contributed by atoms with Crippen LogP contribution in [0.2, 0.25) is 0 Å². The van der Waals surface area contributed by atoms with Gasteiger partial charge < -0.3 is 24.6 Å². The van der Waals surface area contributed by atoms with Gasteiger partial charge in [0.05, 0.1) is 25.5 Å². The number of carbonyl (C=O) groups excluding carboxylic acids is 2. The molecule has 0 atom stereocenters. The maximum atomic E-state index is 12.9. The Bertz CT molecular complexity index is 1020. The number of carbonyl (C=O) groups is 3. The van der Waals surface area contributed by atoms with Crippen molar-refractivity contribution in [2.75, 3.05) is 51.4 Å². The summed E-state index contributed by atoms with van der Waals surface area (Å²) >= 11 is 0. The van der Waals surface area contributed by atoms with Gasteiger partial charge in [0.1, 0.15) is 23.7 Å². The average Bonchev–Trinajstić information content (AvgIpc) is 2.81. The molecule has 178 valence electrons. The normalized spacial score (nSPS) is 13.5. The molecular weight excluding hydrogens is 435 g/mol. The minimum absolute atomic E-state index is 0. The summed E-state index contributed by atoms with van der Waals surface area (Å²) in [6.07, 6.45) is 0. The molecule has 0 aliphatic carbocycles. The molecule has 1 saturated heterocycles. The number of hydrogen-bond acceptors (Lipinski definition) is 7. The second-order valence-electron chi connectivity index (χ2n) is 7.47. The number of benzene rings is 2. The quantitative estimate of drug-likeness (QED) is 0.407. The maximum absolute atomic E-state index is 12.9. The molecule has 1 aliphatic heterocycles. The molecule has 0 spiro atoms. The third kappa shape index (κ3) is 7.34. The Hall–Kier alpha value is -2.83. The molecule has 0 saturated carbocycles. The van der Waals surface area contributed by atoms with Crippen molar-refractivity contribution in [1.82, 2.24) is 4.90 Å². The zero-order valence-corrected chi connectivity index (χ0v) is 18.8. The molecule has 1 aliphatic rings. The second kappa shape index (κ2) is 13.2. The summed E-state index contributed by atoms with van der Waals surface area (Å²) in [4.78, 5) is 38.5. The summed E-state index contributed by atoms with van der Waals surface area (Å²) in [6, 6.07) is 9.02. The number of hydrogen-bond donors (Lipinski definition) is 2. The monoisotopic (exact) mass is 464 g/mol. The van der Waals surface area contributed by atoms with Crippen molar-refractivity contribution in [3.8, 4) is 11.5 Å². The Kier molecular flexibility index (Phi) is 10.6. The molecule has 2 aromatic carbocycles. The van der Waals surface area contributed by atoms with E-state index >= 15 is 0 Å². The first-order valence-corrected chi connectivity index (χ1v) is 10.8. The summed E-state index contributed by atoms with van der Waals surface area (Å²) in [6.45, 7) is 7.54. The van der Waals surface area contributed by atoms with Crippen LogP contribution in [0.5, 0.6) is 11.5 Å². The van der Waals surface area contributed by atoms with Gasteiger partial charge in [-0.3, -0.25) is 14.5 Å². The molecule has 0 aromatic heterocycles. The van der Waals surface area contributed by atoms with E-state index in [-0.39, 0.29) is 41.5 Å². The van der Waals surface area contributed by atoms with Crippen LogP contribution in [0.3, 0.4) is 0 Å². The van der Waals surface area contributed by atoms with Crippen molar-refractivity contribution in [3.05, 3.63) is 53.1 Å². The van der Waals surface area contributed by atoms with Crippen LogP contribution in [0.1, 0.15) is 44.9 Å².